The van der Waals surface area contributed by atoms with E-state index in [0.29, 0.717) is 23.0 Å². The molecule has 0 bridgehead atoms. The molecule has 0 unspecified atom stereocenters. The summed E-state index contributed by atoms with van der Waals surface area (Å²) in [6, 6.07) is 15.3. The van der Waals surface area contributed by atoms with Crippen molar-refractivity contribution in [3.63, 3.8) is 0 Å². The molecule has 2 heterocycles. The molecule has 1 amide bonds. The lowest BCUT2D eigenvalue weighted by Gasteiger charge is -2.12. The molecule has 0 aliphatic carbocycles. The summed E-state index contributed by atoms with van der Waals surface area (Å²) in [5.74, 6) is 0.961. The van der Waals surface area contributed by atoms with Crippen molar-refractivity contribution in [3.05, 3.63) is 66.1 Å². The summed E-state index contributed by atoms with van der Waals surface area (Å²) in [5.41, 5.74) is 3.05. The molecule has 0 aliphatic rings. The van der Waals surface area contributed by atoms with Gasteiger partial charge in [0.2, 0.25) is 0 Å². The maximum Gasteiger partial charge on any atom is 0.257 e. The van der Waals surface area contributed by atoms with Crippen molar-refractivity contribution in [2.24, 2.45) is 5.92 Å². The highest BCUT2D eigenvalue weighted by atomic mass is 16.1. The Hall–Kier alpha value is -3.48. The van der Waals surface area contributed by atoms with Crippen LogP contribution in [0.3, 0.4) is 0 Å². The van der Waals surface area contributed by atoms with E-state index >= 15 is 0 Å². The topological polar surface area (TPSA) is 77.6 Å². The van der Waals surface area contributed by atoms with Gasteiger partial charge >= 0.3 is 0 Å². The van der Waals surface area contributed by atoms with Crippen molar-refractivity contribution >= 4 is 22.5 Å². The van der Waals surface area contributed by atoms with Crippen LogP contribution in [0.5, 0.6) is 0 Å². The van der Waals surface area contributed by atoms with Gasteiger partial charge in [-0.1, -0.05) is 32.0 Å². The van der Waals surface area contributed by atoms with E-state index in [4.69, 9.17) is 0 Å². The molecule has 1 N–H and O–H groups in total. The van der Waals surface area contributed by atoms with E-state index in [0.717, 1.165) is 23.1 Å². The molecule has 2 aromatic carbocycles. The number of carbonyl (C=O) groups excluding carboxylic acids is 1. The molecule has 142 valence electrons. The number of benzene rings is 2. The molecule has 7 nitrogen and oxygen atoms in total. The second kappa shape index (κ2) is 7.26. The molecule has 0 fully saturated rings. The standard InChI is InChI=1S/C21H22N6O/c1-14(2)13-26-12-11-16-18(8-6-10-19(16)26)22-21(28)17-7-4-5-9-20(17)27-15(3)23-24-25-27/h4-12,14H,13H2,1-3H3,(H,22,28). The molecule has 0 aliphatic heterocycles. The number of nitrogens with zero attached hydrogens (tertiary/aromatic N) is 5. The highest BCUT2D eigenvalue weighted by molar-refractivity contribution is 6.10. The number of carbonyl (C=O) groups is 1. The number of aromatic nitrogens is 5. The van der Waals surface area contributed by atoms with Gasteiger partial charge in [0.25, 0.3) is 5.91 Å². The molecule has 4 rings (SSSR count). The maximum absolute atomic E-state index is 13.1. The number of rotatable bonds is 5. The highest BCUT2D eigenvalue weighted by Gasteiger charge is 2.16. The quantitative estimate of drug-likeness (QED) is 0.576. The van der Waals surface area contributed by atoms with Gasteiger partial charge in [-0.2, -0.15) is 4.68 Å². The predicted octanol–water partition coefficient (Wildman–Crippen LogP) is 3.83. The Kier molecular flexibility index (Phi) is 4.65. The van der Waals surface area contributed by atoms with Crippen LogP contribution in [0.1, 0.15) is 30.0 Å². The largest absolute Gasteiger partial charge is 0.347 e. The lowest BCUT2D eigenvalue weighted by Crippen LogP contribution is -2.16. The SMILES string of the molecule is Cc1nnnn1-c1ccccc1C(=O)Nc1cccc2c1ccn2CC(C)C. The van der Waals surface area contributed by atoms with E-state index in [1.165, 1.54) is 0 Å². The fraction of sp³-hybridized carbons (Fsp3) is 0.238. The van der Waals surface area contributed by atoms with Crippen LogP contribution in [0.25, 0.3) is 16.6 Å². The number of anilines is 1. The first-order chi connectivity index (χ1) is 13.5. The molecule has 0 radical (unpaired) electrons. The van der Waals surface area contributed by atoms with Crippen molar-refractivity contribution in [3.8, 4) is 5.69 Å². The summed E-state index contributed by atoms with van der Waals surface area (Å²) in [6.45, 7) is 7.11. The van der Waals surface area contributed by atoms with Crippen LogP contribution in [0, 0.1) is 12.8 Å². The molecule has 0 spiro atoms. The Morgan fingerprint density at radius 1 is 1.11 bits per heavy atom. The third-order valence-corrected chi connectivity index (χ3v) is 4.63. The molecule has 2 aromatic heterocycles. The van der Waals surface area contributed by atoms with Crippen LogP contribution in [-0.4, -0.2) is 30.7 Å². The lowest BCUT2D eigenvalue weighted by atomic mass is 10.1. The average molecular weight is 374 g/mol. The number of fused-ring (bicyclic) bond motifs is 1. The zero-order valence-electron chi connectivity index (χ0n) is 16.1. The Morgan fingerprint density at radius 2 is 1.93 bits per heavy atom. The number of aryl methyl sites for hydroxylation is 1. The van der Waals surface area contributed by atoms with Gasteiger partial charge in [-0.15, -0.1) is 5.10 Å². The van der Waals surface area contributed by atoms with Crippen LogP contribution in [0.2, 0.25) is 0 Å². The molecular formula is C21H22N6O. The van der Waals surface area contributed by atoms with Crippen molar-refractivity contribution in [2.45, 2.75) is 27.3 Å². The van der Waals surface area contributed by atoms with Gasteiger partial charge in [0.1, 0.15) is 0 Å². The van der Waals surface area contributed by atoms with E-state index in [-0.39, 0.29) is 5.91 Å². The van der Waals surface area contributed by atoms with E-state index in [1.807, 2.05) is 36.4 Å². The number of hydrogen-bond donors (Lipinski definition) is 1. The van der Waals surface area contributed by atoms with Gasteiger partial charge in [-0.05, 0) is 53.6 Å². The average Bonchev–Trinajstić information content (AvgIpc) is 3.28. The van der Waals surface area contributed by atoms with Crippen molar-refractivity contribution in [2.75, 3.05) is 5.32 Å². The summed E-state index contributed by atoms with van der Waals surface area (Å²) >= 11 is 0. The zero-order chi connectivity index (χ0) is 19.7. The molecule has 4 aromatic rings. The van der Waals surface area contributed by atoms with Crippen molar-refractivity contribution in [1.29, 1.82) is 0 Å². The van der Waals surface area contributed by atoms with Gasteiger partial charge in [0, 0.05) is 18.1 Å². The Morgan fingerprint density at radius 3 is 2.68 bits per heavy atom. The van der Waals surface area contributed by atoms with Crippen molar-refractivity contribution in [1.82, 2.24) is 24.8 Å². The Balaban J connectivity index is 1.69. The second-order valence-corrected chi connectivity index (χ2v) is 7.21. The molecule has 28 heavy (non-hydrogen) atoms. The van der Waals surface area contributed by atoms with E-state index in [1.54, 1.807) is 17.7 Å². The van der Waals surface area contributed by atoms with Crippen LogP contribution in [0.4, 0.5) is 5.69 Å². The fourth-order valence-corrected chi connectivity index (χ4v) is 3.38. The summed E-state index contributed by atoms with van der Waals surface area (Å²) in [6.07, 6.45) is 2.07. The number of para-hydroxylation sites is 1. The molecular weight excluding hydrogens is 352 g/mol. The van der Waals surface area contributed by atoms with Gasteiger partial charge in [0.05, 0.1) is 22.5 Å². The molecule has 0 saturated heterocycles. The molecule has 0 saturated carbocycles. The Labute approximate surface area is 163 Å². The first-order valence-electron chi connectivity index (χ1n) is 9.28. The lowest BCUT2D eigenvalue weighted by molar-refractivity contribution is 0.102. The maximum atomic E-state index is 13.1. The first-order valence-corrected chi connectivity index (χ1v) is 9.28. The highest BCUT2D eigenvalue weighted by Crippen LogP contribution is 2.26. The Bertz CT molecular complexity index is 1140. The third kappa shape index (κ3) is 3.26. The van der Waals surface area contributed by atoms with Gasteiger partial charge in [-0.3, -0.25) is 4.79 Å². The van der Waals surface area contributed by atoms with Crippen LogP contribution in [0.15, 0.2) is 54.7 Å². The minimum Gasteiger partial charge on any atom is -0.347 e. The number of tetrazole rings is 1. The van der Waals surface area contributed by atoms with E-state index in [2.05, 4.69) is 51.5 Å². The minimum absolute atomic E-state index is 0.199. The zero-order valence-corrected chi connectivity index (χ0v) is 16.1. The normalized spacial score (nSPS) is 11.3. The smallest absolute Gasteiger partial charge is 0.257 e. The van der Waals surface area contributed by atoms with E-state index in [9.17, 15) is 4.79 Å². The number of hydrogen-bond acceptors (Lipinski definition) is 4. The van der Waals surface area contributed by atoms with E-state index < -0.39 is 0 Å². The first kappa shape index (κ1) is 17.9. The summed E-state index contributed by atoms with van der Waals surface area (Å²) in [5, 5.41) is 15.7. The predicted molar refractivity (Wildman–Crippen MR) is 109 cm³/mol. The summed E-state index contributed by atoms with van der Waals surface area (Å²) < 4.78 is 3.78. The number of nitrogens with one attached hydrogen (secondary N) is 1. The fourth-order valence-electron chi connectivity index (χ4n) is 3.38. The van der Waals surface area contributed by atoms with Gasteiger partial charge < -0.3 is 9.88 Å². The summed E-state index contributed by atoms with van der Waals surface area (Å²) in [4.78, 5) is 13.1. The minimum atomic E-state index is -0.199. The molecule has 7 heteroatoms. The monoisotopic (exact) mass is 374 g/mol. The van der Waals surface area contributed by atoms with Gasteiger partial charge in [0.15, 0.2) is 5.82 Å². The van der Waals surface area contributed by atoms with Gasteiger partial charge in [-0.25, -0.2) is 0 Å². The summed E-state index contributed by atoms with van der Waals surface area (Å²) in [7, 11) is 0. The number of amides is 1. The van der Waals surface area contributed by atoms with Crippen LogP contribution < -0.4 is 5.32 Å². The van der Waals surface area contributed by atoms with Crippen LogP contribution >= 0.6 is 0 Å². The third-order valence-electron chi connectivity index (χ3n) is 4.63. The second-order valence-electron chi connectivity index (χ2n) is 7.21. The van der Waals surface area contributed by atoms with Crippen LogP contribution in [-0.2, 0) is 6.54 Å². The van der Waals surface area contributed by atoms with Crippen molar-refractivity contribution < 1.29 is 4.79 Å². The molecule has 0 atom stereocenters.